The van der Waals surface area contributed by atoms with Crippen LogP contribution in [0, 0.1) is 6.92 Å². The molecule has 128 valence electrons. The van der Waals surface area contributed by atoms with Crippen LogP contribution in [0.15, 0.2) is 36.5 Å². The van der Waals surface area contributed by atoms with Crippen LogP contribution in [0.2, 0.25) is 0 Å². The van der Waals surface area contributed by atoms with Crippen LogP contribution >= 0.6 is 0 Å². The Bertz CT molecular complexity index is 901. The summed E-state index contributed by atoms with van der Waals surface area (Å²) in [6, 6.07) is 10.8. The van der Waals surface area contributed by atoms with Gasteiger partial charge < -0.3 is 9.88 Å². The number of H-pyrrole nitrogens is 1. The zero-order valence-electron chi connectivity index (χ0n) is 14.7. The molecule has 1 N–H and O–H groups in total. The largest absolute Gasteiger partial charge is 0.358 e. The average Bonchev–Trinajstić information content (AvgIpc) is 3.44. The molecule has 1 aliphatic carbocycles. The van der Waals surface area contributed by atoms with E-state index in [0.717, 1.165) is 24.7 Å². The summed E-state index contributed by atoms with van der Waals surface area (Å²) in [7, 11) is 0. The molecule has 0 amide bonds. The van der Waals surface area contributed by atoms with Crippen LogP contribution in [0.3, 0.4) is 0 Å². The number of para-hydroxylation sites is 1. The molecule has 5 rings (SSSR count). The fourth-order valence-corrected chi connectivity index (χ4v) is 4.30. The highest BCUT2D eigenvalue weighted by Crippen LogP contribution is 2.39. The van der Waals surface area contributed by atoms with Gasteiger partial charge in [0.25, 0.3) is 0 Å². The second-order valence-corrected chi connectivity index (χ2v) is 7.52. The second-order valence-electron chi connectivity index (χ2n) is 7.52. The molecule has 3 aromatic rings. The molecule has 1 aliphatic heterocycles. The summed E-state index contributed by atoms with van der Waals surface area (Å²) in [6.07, 6.45) is 6.82. The number of aryl methyl sites for hydroxylation is 1. The summed E-state index contributed by atoms with van der Waals surface area (Å²) < 4.78 is 0. The number of anilines is 1. The van der Waals surface area contributed by atoms with Crippen molar-refractivity contribution in [2.24, 2.45) is 0 Å². The van der Waals surface area contributed by atoms with Crippen molar-refractivity contribution in [1.29, 1.82) is 0 Å². The van der Waals surface area contributed by atoms with E-state index in [9.17, 15) is 0 Å². The molecule has 0 unspecified atom stereocenters. The molecule has 0 bridgehead atoms. The number of nitrogens with zero attached hydrogens (tertiary/aromatic N) is 3. The highest BCUT2D eigenvalue weighted by atomic mass is 15.2. The van der Waals surface area contributed by atoms with Crippen molar-refractivity contribution < 1.29 is 0 Å². The lowest BCUT2D eigenvalue weighted by atomic mass is 9.87. The summed E-state index contributed by atoms with van der Waals surface area (Å²) in [5.74, 6) is 3.42. The van der Waals surface area contributed by atoms with Gasteiger partial charge in [-0.15, -0.1) is 0 Å². The first-order valence-electron chi connectivity index (χ1n) is 9.44. The van der Waals surface area contributed by atoms with E-state index in [4.69, 9.17) is 4.98 Å². The van der Waals surface area contributed by atoms with Crippen molar-refractivity contribution in [3.05, 3.63) is 53.6 Å². The van der Waals surface area contributed by atoms with Gasteiger partial charge in [-0.1, -0.05) is 18.2 Å². The number of nitrogens with one attached hydrogen (secondary N) is 1. The van der Waals surface area contributed by atoms with Gasteiger partial charge in [0.05, 0.1) is 0 Å². The van der Waals surface area contributed by atoms with Crippen molar-refractivity contribution in [1.82, 2.24) is 15.0 Å². The molecule has 1 saturated heterocycles. The van der Waals surface area contributed by atoms with E-state index in [1.54, 1.807) is 0 Å². The number of aromatic nitrogens is 3. The van der Waals surface area contributed by atoms with Crippen LogP contribution in [-0.2, 0) is 0 Å². The van der Waals surface area contributed by atoms with E-state index in [1.807, 2.05) is 6.20 Å². The average molecular weight is 332 g/mol. The molecule has 1 saturated carbocycles. The number of benzene rings is 1. The topological polar surface area (TPSA) is 44.8 Å². The van der Waals surface area contributed by atoms with Crippen LogP contribution in [0.4, 0.5) is 5.82 Å². The lowest BCUT2D eigenvalue weighted by molar-refractivity contribution is 0.502. The van der Waals surface area contributed by atoms with Crippen molar-refractivity contribution in [3.63, 3.8) is 0 Å². The maximum absolute atomic E-state index is 4.82. The Balaban J connectivity index is 1.35. The second kappa shape index (κ2) is 5.87. The standard InChI is InChI=1S/C21H24N4/c1-14-20(17-4-2-3-5-18(17)23-14)15-9-12-25(13-10-15)19-8-11-22-21(24-19)16-6-7-16/h2-5,8,11,15-16,23H,6-7,9-10,12-13H2,1H3. The Morgan fingerprint density at radius 1 is 1.00 bits per heavy atom. The van der Waals surface area contributed by atoms with Gasteiger partial charge in [0.15, 0.2) is 0 Å². The van der Waals surface area contributed by atoms with Crippen LogP contribution in [-0.4, -0.2) is 28.0 Å². The molecule has 2 aromatic heterocycles. The zero-order chi connectivity index (χ0) is 16.8. The van der Waals surface area contributed by atoms with Crippen molar-refractivity contribution in [2.45, 2.75) is 44.4 Å². The molecular weight excluding hydrogens is 308 g/mol. The third-order valence-corrected chi connectivity index (χ3v) is 5.77. The first kappa shape index (κ1) is 14.9. The highest BCUT2D eigenvalue weighted by Gasteiger charge is 2.28. The monoisotopic (exact) mass is 332 g/mol. The van der Waals surface area contributed by atoms with Crippen LogP contribution in [0.25, 0.3) is 10.9 Å². The smallest absolute Gasteiger partial charge is 0.133 e. The first-order valence-corrected chi connectivity index (χ1v) is 9.44. The van der Waals surface area contributed by atoms with Crippen LogP contribution in [0.1, 0.15) is 54.6 Å². The molecule has 0 atom stereocenters. The summed E-state index contributed by atoms with van der Waals surface area (Å²) in [5, 5.41) is 1.40. The van der Waals surface area contributed by atoms with Gasteiger partial charge in [-0.2, -0.15) is 0 Å². The summed E-state index contributed by atoms with van der Waals surface area (Å²) in [5.41, 5.74) is 4.12. The Kier molecular flexibility index (Phi) is 3.51. The van der Waals surface area contributed by atoms with Crippen molar-refractivity contribution in [2.75, 3.05) is 18.0 Å². The maximum atomic E-state index is 4.82. The predicted octanol–water partition coefficient (Wildman–Crippen LogP) is 4.53. The maximum Gasteiger partial charge on any atom is 0.133 e. The predicted molar refractivity (Wildman–Crippen MR) is 101 cm³/mol. The van der Waals surface area contributed by atoms with Crippen molar-refractivity contribution >= 4 is 16.7 Å². The molecule has 4 heteroatoms. The summed E-state index contributed by atoms with van der Waals surface area (Å²) in [6.45, 7) is 4.36. The summed E-state index contributed by atoms with van der Waals surface area (Å²) in [4.78, 5) is 15.3. The van der Waals surface area contributed by atoms with Gasteiger partial charge in [-0.05, 0) is 56.2 Å². The molecule has 3 heterocycles. The molecule has 25 heavy (non-hydrogen) atoms. The quantitative estimate of drug-likeness (QED) is 0.766. The number of hydrogen-bond donors (Lipinski definition) is 1. The normalized spacial score (nSPS) is 18.8. The molecular formula is C21H24N4. The minimum atomic E-state index is 0.617. The Morgan fingerprint density at radius 3 is 2.60 bits per heavy atom. The molecule has 4 nitrogen and oxygen atoms in total. The third kappa shape index (κ3) is 2.70. The zero-order valence-corrected chi connectivity index (χ0v) is 14.7. The van der Waals surface area contributed by atoms with E-state index < -0.39 is 0 Å². The molecule has 2 aliphatic rings. The lowest BCUT2D eigenvalue weighted by Crippen LogP contribution is -2.33. The Hall–Kier alpha value is -2.36. The number of hydrogen-bond acceptors (Lipinski definition) is 3. The van der Waals surface area contributed by atoms with Gasteiger partial charge in [0.2, 0.25) is 0 Å². The number of fused-ring (bicyclic) bond motifs is 1. The fourth-order valence-electron chi connectivity index (χ4n) is 4.30. The van der Waals surface area contributed by atoms with Gasteiger partial charge >= 0.3 is 0 Å². The van der Waals surface area contributed by atoms with Crippen LogP contribution < -0.4 is 4.90 Å². The van der Waals surface area contributed by atoms with Gasteiger partial charge in [0, 0.05) is 41.8 Å². The molecule has 0 radical (unpaired) electrons. The molecule has 0 spiro atoms. The SMILES string of the molecule is Cc1[nH]c2ccccc2c1C1CCN(c2ccnc(C3CC3)n2)CC1. The van der Waals surface area contributed by atoms with E-state index in [1.165, 1.54) is 47.8 Å². The van der Waals surface area contributed by atoms with Crippen LogP contribution in [0.5, 0.6) is 0 Å². The van der Waals surface area contributed by atoms with Crippen molar-refractivity contribution in [3.8, 4) is 0 Å². The number of rotatable bonds is 3. The molecule has 2 fully saturated rings. The van der Waals surface area contributed by atoms with E-state index in [-0.39, 0.29) is 0 Å². The Labute approximate surface area is 148 Å². The minimum absolute atomic E-state index is 0.617. The highest BCUT2D eigenvalue weighted by molar-refractivity contribution is 5.85. The summed E-state index contributed by atoms with van der Waals surface area (Å²) >= 11 is 0. The minimum Gasteiger partial charge on any atom is -0.358 e. The number of piperidine rings is 1. The first-order chi connectivity index (χ1) is 12.3. The Morgan fingerprint density at radius 2 is 1.80 bits per heavy atom. The number of aromatic amines is 1. The van der Waals surface area contributed by atoms with Gasteiger partial charge in [-0.3, -0.25) is 0 Å². The van der Waals surface area contributed by atoms with E-state index >= 15 is 0 Å². The molecule has 1 aromatic carbocycles. The fraction of sp³-hybridized carbons (Fsp3) is 0.429. The van der Waals surface area contributed by atoms with E-state index in [2.05, 4.69) is 52.1 Å². The third-order valence-electron chi connectivity index (χ3n) is 5.77. The lowest BCUT2D eigenvalue weighted by Gasteiger charge is -2.33. The van der Waals surface area contributed by atoms with E-state index in [0.29, 0.717) is 11.8 Å². The van der Waals surface area contributed by atoms with Gasteiger partial charge in [0.1, 0.15) is 11.6 Å². The van der Waals surface area contributed by atoms with Gasteiger partial charge in [-0.25, -0.2) is 9.97 Å².